The van der Waals surface area contributed by atoms with Gasteiger partial charge in [-0.25, -0.2) is 15.1 Å². The molecule has 2 rings (SSSR count). The fraction of sp³-hybridized carbons (Fsp3) is 0.556. The Kier molecular flexibility index (Phi) is 3.90. The van der Waals surface area contributed by atoms with Gasteiger partial charge in [-0.1, -0.05) is 11.6 Å². The van der Waals surface area contributed by atoms with Crippen molar-refractivity contribution in [1.29, 1.82) is 0 Å². The quantitative estimate of drug-likeness (QED) is 0.627. The van der Waals surface area contributed by atoms with Crippen LogP contribution in [0.15, 0.2) is 11.3 Å². The monoisotopic (exact) mass is 274 g/mol. The second-order valence-electron chi connectivity index (χ2n) is 3.71. The molecule has 2 heterocycles. The molecule has 1 saturated heterocycles. The van der Waals surface area contributed by atoms with Crippen LogP contribution < -0.4 is 0 Å². The van der Waals surface area contributed by atoms with Gasteiger partial charge in [0.05, 0.1) is 11.6 Å². The van der Waals surface area contributed by atoms with Crippen LogP contribution in [0.1, 0.15) is 24.1 Å². The Bertz CT molecular complexity index is 448. The summed E-state index contributed by atoms with van der Waals surface area (Å²) >= 11 is 7.14. The number of amidine groups is 1. The van der Waals surface area contributed by atoms with Gasteiger partial charge >= 0.3 is 0 Å². The van der Waals surface area contributed by atoms with Gasteiger partial charge in [0.15, 0.2) is 15.3 Å². The molecule has 1 aromatic heterocycles. The molecule has 6 nitrogen and oxygen atoms in total. The van der Waals surface area contributed by atoms with E-state index < -0.39 is 5.03 Å². The first-order chi connectivity index (χ1) is 8.15. The molecule has 1 aliphatic heterocycles. The first-order valence-corrected chi connectivity index (χ1v) is 6.41. The van der Waals surface area contributed by atoms with Crippen LogP contribution in [0.3, 0.4) is 0 Å². The number of hydrogen-bond acceptors (Lipinski definition) is 4. The number of hydrogen-bond donors (Lipinski definition) is 0. The predicted octanol–water partition coefficient (Wildman–Crippen LogP) is 2.37. The number of nitrogens with zero attached hydrogens (tertiary/aromatic N) is 4. The molecular weight excluding hydrogens is 264 g/mol. The van der Waals surface area contributed by atoms with Gasteiger partial charge in [-0.2, -0.15) is 0 Å². The fourth-order valence-corrected chi connectivity index (χ4v) is 2.79. The first-order valence-electron chi connectivity index (χ1n) is 5.22. The summed E-state index contributed by atoms with van der Waals surface area (Å²) in [5.74, 6) is 0.547. The number of hydrazone groups is 1. The highest BCUT2D eigenvalue weighted by molar-refractivity contribution is 7.15. The Morgan fingerprint density at radius 3 is 3.12 bits per heavy atom. The SMILES string of the molecule is O=[N+]([O-])N=C1CCCCN1Cc1cnc(Cl)s1. The molecule has 0 bridgehead atoms. The van der Waals surface area contributed by atoms with Gasteiger partial charge in [0.25, 0.3) is 0 Å². The zero-order valence-corrected chi connectivity index (χ0v) is 10.6. The molecule has 0 atom stereocenters. The van der Waals surface area contributed by atoms with Crippen molar-refractivity contribution in [2.45, 2.75) is 25.8 Å². The number of nitro groups is 1. The third-order valence-electron chi connectivity index (χ3n) is 2.51. The van der Waals surface area contributed by atoms with Gasteiger partial charge in [-0.05, 0) is 12.8 Å². The Morgan fingerprint density at radius 2 is 2.47 bits per heavy atom. The largest absolute Gasteiger partial charge is 0.350 e. The maximum absolute atomic E-state index is 10.4. The highest BCUT2D eigenvalue weighted by atomic mass is 35.5. The van der Waals surface area contributed by atoms with Crippen molar-refractivity contribution in [2.24, 2.45) is 5.10 Å². The van der Waals surface area contributed by atoms with E-state index in [-0.39, 0.29) is 0 Å². The summed E-state index contributed by atoms with van der Waals surface area (Å²) in [6.45, 7) is 1.39. The van der Waals surface area contributed by atoms with E-state index in [2.05, 4.69) is 10.1 Å². The Labute approximate surface area is 107 Å². The van der Waals surface area contributed by atoms with Crippen LogP contribution >= 0.6 is 22.9 Å². The van der Waals surface area contributed by atoms with Crippen molar-refractivity contribution in [1.82, 2.24) is 9.88 Å². The van der Waals surface area contributed by atoms with E-state index in [1.165, 1.54) is 11.3 Å². The molecule has 0 radical (unpaired) electrons. The first kappa shape index (κ1) is 12.3. The van der Waals surface area contributed by atoms with E-state index in [0.717, 1.165) is 24.3 Å². The summed E-state index contributed by atoms with van der Waals surface area (Å²) in [5.41, 5.74) is 0. The number of aromatic nitrogens is 1. The molecule has 0 saturated carbocycles. The topological polar surface area (TPSA) is 71.6 Å². The summed E-state index contributed by atoms with van der Waals surface area (Å²) in [6, 6.07) is 0. The van der Waals surface area contributed by atoms with Gasteiger partial charge in [-0.15, -0.1) is 11.3 Å². The molecule has 0 unspecified atom stereocenters. The molecule has 1 aliphatic rings. The molecule has 1 aromatic rings. The maximum Gasteiger partial charge on any atom is 0.192 e. The van der Waals surface area contributed by atoms with E-state index >= 15 is 0 Å². The van der Waals surface area contributed by atoms with Crippen molar-refractivity contribution in [2.75, 3.05) is 6.54 Å². The van der Waals surface area contributed by atoms with Crippen LogP contribution in [0.2, 0.25) is 4.47 Å². The van der Waals surface area contributed by atoms with Crippen LogP contribution in [0.5, 0.6) is 0 Å². The average molecular weight is 275 g/mol. The minimum Gasteiger partial charge on any atom is -0.350 e. The van der Waals surface area contributed by atoms with E-state index in [1.54, 1.807) is 6.20 Å². The van der Waals surface area contributed by atoms with Gasteiger partial charge < -0.3 is 4.90 Å². The summed E-state index contributed by atoms with van der Waals surface area (Å²) in [5, 5.41) is 13.2. The molecule has 0 aliphatic carbocycles. The zero-order valence-electron chi connectivity index (χ0n) is 9.00. The summed E-state index contributed by atoms with van der Waals surface area (Å²) in [6.07, 6.45) is 4.34. The average Bonchev–Trinajstić information content (AvgIpc) is 2.66. The van der Waals surface area contributed by atoms with Gasteiger partial charge in [0.2, 0.25) is 0 Å². The molecule has 17 heavy (non-hydrogen) atoms. The lowest BCUT2D eigenvalue weighted by atomic mass is 10.1. The second kappa shape index (κ2) is 5.42. The van der Waals surface area contributed by atoms with Crippen molar-refractivity contribution in [3.63, 3.8) is 0 Å². The molecule has 0 aromatic carbocycles. The third kappa shape index (κ3) is 3.37. The minimum absolute atomic E-state index is 0.491. The lowest BCUT2D eigenvalue weighted by molar-refractivity contribution is -0.485. The molecule has 0 N–H and O–H groups in total. The Hall–Kier alpha value is -1.21. The standard InChI is InChI=1S/C9H11ClN4O2S/c10-9-11-5-7(17-9)6-13-4-2-1-3-8(13)12-14(15)16/h5H,1-4,6H2. The summed E-state index contributed by atoms with van der Waals surface area (Å²) in [4.78, 5) is 17.3. The summed E-state index contributed by atoms with van der Waals surface area (Å²) < 4.78 is 0.491. The highest BCUT2D eigenvalue weighted by Crippen LogP contribution is 2.22. The molecule has 1 fully saturated rings. The molecular formula is C9H11ClN4O2S. The van der Waals surface area contributed by atoms with Gasteiger partial charge in [-0.3, -0.25) is 0 Å². The molecule has 0 amide bonds. The number of piperidine rings is 1. The highest BCUT2D eigenvalue weighted by Gasteiger charge is 2.20. The van der Waals surface area contributed by atoms with E-state index in [9.17, 15) is 10.1 Å². The van der Waals surface area contributed by atoms with Crippen LogP contribution in [0.4, 0.5) is 0 Å². The second-order valence-corrected chi connectivity index (χ2v) is 5.41. The van der Waals surface area contributed by atoms with Crippen LogP contribution in [-0.4, -0.2) is 27.3 Å². The minimum atomic E-state index is -0.632. The maximum atomic E-state index is 10.4. The zero-order chi connectivity index (χ0) is 12.3. The van der Waals surface area contributed by atoms with Gasteiger partial charge in [0.1, 0.15) is 0 Å². The lowest BCUT2D eigenvalue weighted by Crippen LogP contribution is -2.35. The normalized spacial score (nSPS) is 18.6. The van der Waals surface area contributed by atoms with Crippen molar-refractivity contribution >= 4 is 28.8 Å². The van der Waals surface area contributed by atoms with Crippen LogP contribution in [-0.2, 0) is 6.54 Å². The van der Waals surface area contributed by atoms with E-state index in [0.29, 0.717) is 23.3 Å². The van der Waals surface area contributed by atoms with Crippen LogP contribution in [0, 0.1) is 10.1 Å². The number of thiazole rings is 1. The van der Waals surface area contributed by atoms with Crippen LogP contribution in [0.25, 0.3) is 0 Å². The van der Waals surface area contributed by atoms with E-state index in [4.69, 9.17) is 11.6 Å². The van der Waals surface area contributed by atoms with E-state index in [1.807, 2.05) is 4.90 Å². The molecule has 8 heteroatoms. The van der Waals surface area contributed by atoms with Crippen molar-refractivity contribution in [3.8, 4) is 0 Å². The Morgan fingerprint density at radius 1 is 1.65 bits per heavy atom. The van der Waals surface area contributed by atoms with Crippen molar-refractivity contribution < 1.29 is 5.03 Å². The number of rotatable bonds is 3. The lowest BCUT2D eigenvalue weighted by Gasteiger charge is -2.27. The summed E-state index contributed by atoms with van der Waals surface area (Å²) in [7, 11) is 0. The van der Waals surface area contributed by atoms with Gasteiger partial charge in [0, 0.05) is 24.0 Å². The predicted molar refractivity (Wildman–Crippen MR) is 65.8 cm³/mol. The number of likely N-dealkylation sites (tertiary alicyclic amines) is 1. The third-order valence-corrected chi connectivity index (χ3v) is 3.61. The fourth-order valence-electron chi connectivity index (χ4n) is 1.80. The Balaban J connectivity index is 2.09. The molecule has 92 valence electrons. The van der Waals surface area contributed by atoms with Crippen molar-refractivity contribution in [3.05, 3.63) is 25.7 Å². The molecule has 0 spiro atoms. The smallest absolute Gasteiger partial charge is 0.192 e. The number of halogens is 1.